The number of piperidine rings is 1. The Morgan fingerprint density at radius 1 is 0.941 bits per heavy atom. The fourth-order valence-electron chi connectivity index (χ4n) is 3.98. The predicted octanol–water partition coefficient (Wildman–Crippen LogP) is 6.72. The van der Waals surface area contributed by atoms with E-state index in [1.807, 2.05) is 13.0 Å². The second kappa shape index (κ2) is 11.1. The molecule has 1 N–H and O–H groups in total. The number of hydrogen-bond donors (Lipinski definition) is 1. The molecule has 34 heavy (non-hydrogen) atoms. The first-order valence-corrected chi connectivity index (χ1v) is 13.3. The number of sulfonamides is 1. The second-order valence-corrected chi connectivity index (χ2v) is 10.7. The smallest absolute Gasteiger partial charge is 0.264 e. The third-order valence-corrected chi connectivity index (χ3v) is 7.56. The van der Waals surface area contributed by atoms with Crippen LogP contribution in [0.1, 0.15) is 36.0 Å². The van der Waals surface area contributed by atoms with Crippen molar-refractivity contribution in [1.29, 1.82) is 0 Å². The van der Waals surface area contributed by atoms with Crippen LogP contribution in [0.3, 0.4) is 0 Å². The van der Waals surface area contributed by atoms with Crippen molar-refractivity contribution < 1.29 is 8.42 Å². The van der Waals surface area contributed by atoms with Crippen molar-refractivity contribution >= 4 is 33.0 Å². The first-order chi connectivity index (χ1) is 16.4. The summed E-state index contributed by atoms with van der Waals surface area (Å²) in [7, 11) is -3.90. The highest BCUT2D eigenvalue weighted by atomic mass is 35.5. The lowest BCUT2D eigenvalue weighted by Crippen LogP contribution is -2.29. The lowest BCUT2D eigenvalue weighted by molar-refractivity contribution is 0.221. The molecule has 178 valence electrons. The number of likely N-dealkylation sites (tertiary alicyclic amines) is 1. The number of rotatable bonds is 8. The summed E-state index contributed by atoms with van der Waals surface area (Å²) in [5, 5.41) is 8.86. The van der Waals surface area contributed by atoms with Crippen LogP contribution in [0.15, 0.2) is 81.9 Å². The third kappa shape index (κ3) is 6.44. The molecule has 3 aromatic carbocycles. The summed E-state index contributed by atoms with van der Waals surface area (Å²) < 4.78 is 28.7. The van der Waals surface area contributed by atoms with Crippen molar-refractivity contribution in [2.75, 3.05) is 17.8 Å². The van der Waals surface area contributed by atoms with Gasteiger partial charge in [0.05, 0.1) is 17.3 Å². The molecule has 0 radical (unpaired) electrons. The van der Waals surface area contributed by atoms with Crippen molar-refractivity contribution in [3.05, 3.63) is 88.4 Å². The van der Waals surface area contributed by atoms with Crippen molar-refractivity contribution in [2.24, 2.45) is 10.2 Å². The topological polar surface area (TPSA) is 74.1 Å². The number of halogens is 1. The van der Waals surface area contributed by atoms with Gasteiger partial charge in [0.25, 0.3) is 10.0 Å². The van der Waals surface area contributed by atoms with Gasteiger partial charge in [0.1, 0.15) is 10.6 Å². The Morgan fingerprint density at radius 2 is 1.65 bits per heavy atom. The lowest BCUT2D eigenvalue weighted by Gasteiger charge is -2.26. The van der Waals surface area contributed by atoms with Gasteiger partial charge in [-0.05, 0) is 73.8 Å². The first kappa shape index (κ1) is 24.4. The van der Waals surface area contributed by atoms with Gasteiger partial charge in [0.2, 0.25) is 0 Å². The highest BCUT2D eigenvalue weighted by Crippen LogP contribution is 2.30. The van der Waals surface area contributed by atoms with E-state index in [2.05, 4.69) is 44.1 Å². The quantitative estimate of drug-likeness (QED) is 0.352. The number of benzene rings is 3. The number of anilines is 1. The average Bonchev–Trinajstić information content (AvgIpc) is 2.83. The molecule has 0 aromatic heterocycles. The first-order valence-electron chi connectivity index (χ1n) is 11.5. The minimum Gasteiger partial charge on any atom is -0.299 e. The predicted molar refractivity (Wildman–Crippen MR) is 137 cm³/mol. The van der Waals surface area contributed by atoms with Gasteiger partial charge in [0.15, 0.2) is 0 Å². The Morgan fingerprint density at radius 3 is 2.38 bits per heavy atom. The zero-order chi connectivity index (χ0) is 24.0. The van der Waals surface area contributed by atoms with E-state index >= 15 is 0 Å². The van der Waals surface area contributed by atoms with Gasteiger partial charge in [-0.15, -0.1) is 0 Å². The molecule has 1 heterocycles. The summed E-state index contributed by atoms with van der Waals surface area (Å²) in [5.41, 5.74) is 3.73. The van der Waals surface area contributed by atoms with Gasteiger partial charge >= 0.3 is 0 Å². The largest absolute Gasteiger partial charge is 0.299 e. The van der Waals surface area contributed by atoms with E-state index in [1.54, 1.807) is 36.4 Å². The van der Waals surface area contributed by atoms with Crippen molar-refractivity contribution in [3.63, 3.8) is 0 Å². The van der Waals surface area contributed by atoms with E-state index in [-0.39, 0.29) is 10.6 Å². The summed E-state index contributed by atoms with van der Waals surface area (Å²) >= 11 is 6.13. The van der Waals surface area contributed by atoms with Gasteiger partial charge < -0.3 is 0 Å². The molecule has 0 atom stereocenters. The summed E-state index contributed by atoms with van der Waals surface area (Å²) in [6.45, 7) is 5.52. The molecule has 1 saturated heterocycles. The molecule has 1 aliphatic heterocycles. The van der Waals surface area contributed by atoms with Crippen LogP contribution in [0.5, 0.6) is 0 Å². The normalized spacial score (nSPS) is 15.0. The Balaban J connectivity index is 1.45. The van der Waals surface area contributed by atoms with Gasteiger partial charge in [-0.25, -0.2) is 8.42 Å². The van der Waals surface area contributed by atoms with E-state index in [0.717, 1.165) is 17.7 Å². The van der Waals surface area contributed by atoms with E-state index < -0.39 is 10.0 Å². The molecule has 1 fully saturated rings. The Hall–Kier alpha value is -2.74. The van der Waals surface area contributed by atoms with Crippen LogP contribution in [0, 0.1) is 6.92 Å². The maximum absolute atomic E-state index is 13.1. The Labute approximate surface area is 206 Å². The Kier molecular flexibility index (Phi) is 7.98. The fraction of sp³-hybridized carbons (Fsp3) is 0.308. The van der Waals surface area contributed by atoms with Crippen molar-refractivity contribution in [3.8, 4) is 0 Å². The minimum absolute atomic E-state index is 0.0630. The molecule has 0 amide bonds. The minimum atomic E-state index is -3.90. The number of hydrogen-bond acceptors (Lipinski definition) is 5. The molecule has 0 saturated carbocycles. The molecule has 0 spiro atoms. The molecule has 6 nitrogen and oxygen atoms in total. The maximum atomic E-state index is 13.1. The molecule has 1 aliphatic rings. The second-order valence-electron chi connectivity index (χ2n) is 8.61. The summed E-state index contributed by atoms with van der Waals surface area (Å²) in [4.78, 5) is 2.56. The number of nitrogens with one attached hydrogen (secondary N) is 1. The van der Waals surface area contributed by atoms with E-state index in [9.17, 15) is 8.42 Å². The van der Waals surface area contributed by atoms with Crippen LogP contribution < -0.4 is 4.72 Å². The zero-order valence-corrected chi connectivity index (χ0v) is 20.8. The van der Waals surface area contributed by atoms with Gasteiger partial charge in [0, 0.05) is 6.54 Å². The molecule has 0 unspecified atom stereocenters. The van der Waals surface area contributed by atoms with Crippen LogP contribution in [-0.2, 0) is 23.1 Å². The maximum Gasteiger partial charge on any atom is 0.264 e. The SMILES string of the molecule is Cc1ccc(N=NCc2ccc(CN3CCCCC3)cc2)c(S(=O)(=O)Nc2ccccc2Cl)c1. The van der Waals surface area contributed by atoms with Gasteiger partial charge in [-0.1, -0.05) is 60.5 Å². The number of nitrogens with zero attached hydrogens (tertiary/aromatic N) is 3. The van der Waals surface area contributed by atoms with Crippen LogP contribution in [0.4, 0.5) is 11.4 Å². The molecule has 0 bridgehead atoms. The van der Waals surface area contributed by atoms with Gasteiger partial charge in [-0.3, -0.25) is 9.62 Å². The summed E-state index contributed by atoms with van der Waals surface area (Å²) in [6.07, 6.45) is 3.90. The van der Waals surface area contributed by atoms with E-state index in [0.29, 0.717) is 17.3 Å². The third-order valence-electron chi connectivity index (χ3n) is 5.83. The Bertz CT molecular complexity index is 1250. The van der Waals surface area contributed by atoms with E-state index in [4.69, 9.17) is 11.6 Å². The van der Waals surface area contributed by atoms with Crippen molar-refractivity contribution in [1.82, 2.24) is 4.90 Å². The fourth-order valence-corrected chi connectivity index (χ4v) is 5.52. The number of aryl methyl sites for hydroxylation is 1. The number of para-hydroxylation sites is 1. The molecule has 4 rings (SSSR count). The highest BCUT2D eigenvalue weighted by Gasteiger charge is 2.20. The number of azo groups is 1. The molecule has 3 aromatic rings. The van der Waals surface area contributed by atoms with Crippen molar-refractivity contribution in [2.45, 2.75) is 44.2 Å². The zero-order valence-electron chi connectivity index (χ0n) is 19.2. The summed E-state index contributed by atoms with van der Waals surface area (Å²) in [5.74, 6) is 0. The standard InChI is InChI=1S/C26H29ClN4O2S/c1-20-9-14-25(26(17-20)34(32,33)30-24-8-4-3-7-23(24)27)29-28-18-21-10-12-22(13-11-21)19-31-15-5-2-6-16-31/h3-4,7-14,17,30H,2,5-6,15-16,18-19H2,1H3. The van der Waals surface area contributed by atoms with Crippen LogP contribution >= 0.6 is 11.6 Å². The van der Waals surface area contributed by atoms with Crippen LogP contribution in [-0.4, -0.2) is 26.4 Å². The average molecular weight is 497 g/mol. The van der Waals surface area contributed by atoms with E-state index in [1.165, 1.54) is 37.9 Å². The summed E-state index contributed by atoms with van der Waals surface area (Å²) in [6, 6.07) is 20.2. The molecular weight excluding hydrogens is 468 g/mol. The van der Waals surface area contributed by atoms with Crippen LogP contribution in [0.2, 0.25) is 5.02 Å². The van der Waals surface area contributed by atoms with Gasteiger partial charge in [-0.2, -0.15) is 10.2 Å². The van der Waals surface area contributed by atoms with Crippen LogP contribution in [0.25, 0.3) is 0 Å². The monoisotopic (exact) mass is 496 g/mol. The highest BCUT2D eigenvalue weighted by molar-refractivity contribution is 7.92. The molecular formula is C26H29ClN4O2S. The molecule has 8 heteroatoms. The lowest BCUT2D eigenvalue weighted by atomic mass is 10.1. The molecule has 0 aliphatic carbocycles.